The maximum Gasteiger partial charge on any atom is 0.449 e. The Labute approximate surface area is 114 Å². The van der Waals surface area contributed by atoms with Crippen molar-refractivity contribution in [1.29, 1.82) is 0 Å². The lowest BCUT2D eigenvalue weighted by Crippen LogP contribution is -1.95. The Balaban J connectivity index is 0.000000218. The van der Waals surface area contributed by atoms with Crippen LogP contribution < -0.4 is 10.0 Å². The number of ether oxygens (including phenoxy) is 1. The largest absolute Gasteiger partial charge is 0.497 e. The van der Waals surface area contributed by atoms with Gasteiger partial charge in [-0.25, -0.2) is 4.79 Å². The van der Waals surface area contributed by atoms with Gasteiger partial charge < -0.3 is 4.74 Å². The molecule has 0 saturated heterocycles. The fraction of sp³-hybridized carbons (Fsp3) is 0.133. The second-order valence-corrected chi connectivity index (χ2v) is 5.16. The van der Waals surface area contributed by atoms with E-state index in [1.807, 2.05) is 18.2 Å². The molecule has 0 N–H and O–H groups in total. The maximum absolute atomic E-state index is 11.0. The van der Waals surface area contributed by atoms with Gasteiger partial charge in [-0.05, 0) is 31.2 Å². The minimum Gasteiger partial charge on any atom is -0.497 e. The molecule has 0 amide bonds. The number of carbonyl (C=O) groups excluding carboxylic acids is 1. The van der Waals surface area contributed by atoms with Crippen molar-refractivity contribution in [2.45, 2.75) is 6.92 Å². The zero-order valence-electron chi connectivity index (χ0n) is 10.9. The van der Waals surface area contributed by atoms with Gasteiger partial charge in [0.05, 0.1) is 7.11 Å². The third-order valence-corrected chi connectivity index (χ3v) is 3.36. The first kappa shape index (κ1) is 15.1. The second kappa shape index (κ2) is 8.17. The fourth-order valence-corrected chi connectivity index (χ4v) is 1.89. The number of hydrogen-bond donors (Lipinski definition) is 0. The Morgan fingerprint density at radius 3 is 1.95 bits per heavy atom. The van der Waals surface area contributed by atoms with Crippen LogP contribution in [0, 0.1) is 6.92 Å². The number of rotatable bonds is 3. The third kappa shape index (κ3) is 5.45. The number of hydrogen-bond acceptors (Lipinski definition) is 3. The third-order valence-electron chi connectivity index (χ3n) is 2.36. The van der Waals surface area contributed by atoms with E-state index < -0.39 is 7.80 Å². The van der Waals surface area contributed by atoms with Crippen molar-refractivity contribution in [3.05, 3.63) is 60.2 Å². The van der Waals surface area contributed by atoms with Gasteiger partial charge >= 0.3 is 13.8 Å². The molecule has 2 aromatic rings. The van der Waals surface area contributed by atoms with Gasteiger partial charge in [-0.15, -0.1) is 0 Å². The number of benzene rings is 2. The van der Waals surface area contributed by atoms with Gasteiger partial charge in [0.1, 0.15) is 5.75 Å². The van der Waals surface area contributed by atoms with Crippen LogP contribution in [-0.2, 0) is 9.36 Å². The van der Waals surface area contributed by atoms with Crippen molar-refractivity contribution in [2.75, 3.05) is 7.11 Å². The molecule has 4 heteroatoms. The lowest BCUT2D eigenvalue weighted by atomic mass is 10.2. The zero-order chi connectivity index (χ0) is 14.1. The molecule has 0 aliphatic heterocycles. The van der Waals surface area contributed by atoms with Crippen LogP contribution in [0.5, 0.6) is 5.75 Å². The van der Waals surface area contributed by atoms with E-state index in [-0.39, 0.29) is 0 Å². The van der Waals surface area contributed by atoms with Gasteiger partial charge in [0.2, 0.25) is 0 Å². The second-order valence-electron chi connectivity index (χ2n) is 3.78. The van der Waals surface area contributed by atoms with Crippen LogP contribution >= 0.6 is 7.80 Å². The van der Waals surface area contributed by atoms with Crippen LogP contribution in [0.2, 0.25) is 0 Å². The molecule has 3 nitrogen and oxygen atoms in total. The van der Waals surface area contributed by atoms with E-state index in [0.29, 0.717) is 17.1 Å². The Morgan fingerprint density at radius 2 is 1.58 bits per heavy atom. The fourth-order valence-electron chi connectivity index (χ4n) is 1.32. The van der Waals surface area contributed by atoms with E-state index >= 15 is 0 Å². The minimum atomic E-state index is -1.88. The number of carbonyl (C=O) groups is 1. The molecule has 0 aliphatic rings. The quantitative estimate of drug-likeness (QED) is 0.637. The van der Waals surface area contributed by atoms with Gasteiger partial charge in [0.25, 0.3) is 0 Å². The molecule has 2 aromatic carbocycles. The molecule has 19 heavy (non-hydrogen) atoms. The molecule has 1 unspecified atom stereocenters. The molecule has 0 heterocycles. The summed E-state index contributed by atoms with van der Waals surface area (Å²) < 4.78 is 15.9. The molecule has 0 saturated carbocycles. The van der Waals surface area contributed by atoms with Gasteiger partial charge in [-0.2, -0.15) is 0 Å². The van der Waals surface area contributed by atoms with Crippen LogP contribution in [0.15, 0.2) is 54.6 Å². The highest BCUT2D eigenvalue weighted by Crippen LogP contribution is 2.16. The van der Waals surface area contributed by atoms with Crippen molar-refractivity contribution < 1.29 is 14.1 Å². The normalized spacial score (nSPS) is 9.89. The maximum atomic E-state index is 11.0. The highest BCUT2D eigenvalue weighted by molar-refractivity contribution is 7.68. The van der Waals surface area contributed by atoms with Crippen LogP contribution in [0.25, 0.3) is 0 Å². The van der Waals surface area contributed by atoms with Crippen molar-refractivity contribution in [3.63, 3.8) is 0 Å². The van der Waals surface area contributed by atoms with E-state index in [0.717, 1.165) is 0 Å². The smallest absolute Gasteiger partial charge is 0.449 e. The average molecular weight is 275 g/mol. The van der Waals surface area contributed by atoms with E-state index in [1.165, 1.54) is 5.56 Å². The first-order valence-corrected chi connectivity index (χ1v) is 7.07. The summed E-state index contributed by atoms with van der Waals surface area (Å²) >= 11 is 0. The van der Waals surface area contributed by atoms with Gasteiger partial charge in [0.15, 0.2) is 5.30 Å². The van der Waals surface area contributed by atoms with Gasteiger partial charge in [-0.3, -0.25) is 0 Å². The SMILES string of the molecule is COc1ccc([P+](=O)C=O)cc1.Cc1ccccc1. The predicted octanol–water partition coefficient (Wildman–Crippen LogP) is 3.33. The highest BCUT2D eigenvalue weighted by atomic mass is 31.1. The highest BCUT2D eigenvalue weighted by Gasteiger charge is 2.17. The Bertz CT molecular complexity index is 521. The lowest BCUT2D eigenvalue weighted by Gasteiger charge is -1.95. The number of aryl methyl sites for hydroxylation is 1. The molecule has 98 valence electrons. The van der Waals surface area contributed by atoms with E-state index in [2.05, 4.69) is 19.1 Å². The molecular formula is C15H16O3P+. The van der Waals surface area contributed by atoms with E-state index in [4.69, 9.17) is 4.74 Å². The summed E-state index contributed by atoms with van der Waals surface area (Å²) in [5.74, 6) is 0.688. The zero-order valence-corrected chi connectivity index (χ0v) is 11.8. The van der Waals surface area contributed by atoms with Crippen LogP contribution in [0.4, 0.5) is 0 Å². The summed E-state index contributed by atoms with van der Waals surface area (Å²) in [5, 5.41) is 0.529. The predicted molar refractivity (Wildman–Crippen MR) is 78.2 cm³/mol. The summed E-state index contributed by atoms with van der Waals surface area (Å²) in [5.41, 5.74) is 1.32. The average Bonchev–Trinajstić information content (AvgIpc) is 2.48. The Hall–Kier alpha value is -1.99. The first-order valence-electron chi connectivity index (χ1n) is 5.74. The number of methoxy groups -OCH3 is 1. The topological polar surface area (TPSA) is 43.4 Å². The van der Waals surface area contributed by atoms with Crippen molar-refractivity contribution in [2.24, 2.45) is 0 Å². The van der Waals surface area contributed by atoms with E-state index in [9.17, 15) is 9.36 Å². The van der Waals surface area contributed by atoms with Crippen molar-refractivity contribution in [1.82, 2.24) is 0 Å². The Kier molecular flexibility index (Phi) is 6.48. The monoisotopic (exact) mass is 275 g/mol. The van der Waals surface area contributed by atoms with Crippen molar-refractivity contribution >= 4 is 19.1 Å². The molecular weight excluding hydrogens is 259 g/mol. The van der Waals surface area contributed by atoms with Crippen molar-refractivity contribution in [3.8, 4) is 5.75 Å². The summed E-state index contributed by atoms with van der Waals surface area (Å²) in [4.78, 5) is 10.1. The molecule has 0 aromatic heterocycles. The molecule has 0 spiro atoms. The summed E-state index contributed by atoms with van der Waals surface area (Å²) in [6.07, 6.45) is 0. The molecule has 2 rings (SSSR count). The summed E-state index contributed by atoms with van der Waals surface area (Å²) in [7, 11) is -0.327. The Morgan fingerprint density at radius 1 is 1.00 bits per heavy atom. The minimum absolute atomic E-state index is 0.442. The molecule has 0 fully saturated rings. The van der Waals surface area contributed by atoms with Crippen LogP contribution in [0.3, 0.4) is 0 Å². The first-order chi connectivity index (χ1) is 9.17. The molecule has 0 radical (unpaired) electrons. The van der Waals surface area contributed by atoms with E-state index in [1.54, 1.807) is 31.4 Å². The van der Waals surface area contributed by atoms with Crippen LogP contribution in [-0.4, -0.2) is 13.1 Å². The standard InChI is InChI=1S/C8H8O3P.C7H8/c1-11-7-2-4-8(5-3-7)12(10)6-9;1-7-5-3-2-4-6-7/h2-6H,1H3;2-6H,1H3/q+1;. The molecule has 0 bridgehead atoms. The van der Waals surface area contributed by atoms with Crippen LogP contribution in [0.1, 0.15) is 5.56 Å². The lowest BCUT2D eigenvalue weighted by molar-refractivity contribution is 0.415. The van der Waals surface area contributed by atoms with Gasteiger partial charge in [-0.1, -0.05) is 40.5 Å². The van der Waals surface area contributed by atoms with Gasteiger partial charge in [0, 0.05) is 0 Å². The summed E-state index contributed by atoms with van der Waals surface area (Å²) in [6.45, 7) is 2.08. The summed E-state index contributed by atoms with van der Waals surface area (Å²) in [6, 6.07) is 17.3. The molecule has 0 aliphatic carbocycles. The molecule has 1 atom stereocenters.